The number of amidine groups is 2. The highest BCUT2D eigenvalue weighted by atomic mass is 32.1. The predicted molar refractivity (Wildman–Crippen MR) is 210 cm³/mol. The zero-order valence-electron chi connectivity index (χ0n) is 26.9. The summed E-state index contributed by atoms with van der Waals surface area (Å²) in [6.45, 7) is 4.28. The molecular formula is C44H32N4S. The first-order chi connectivity index (χ1) is 24.3. The summed E-state index contributed by atoms with van der Waals surface area (Å²) < 4.78 is 3.86. The van der Waals surface area contributed by atoms with Crippen LogP contribution in [0.15, 0.2) is 155 Å². The normalized spacial score (nSPS) is 13.5. The molecule has 4 nitrogen and oxygen atoms in total. The number of benzene rings is 6. The van der Waals surface area contributed by atoms with Gasteiger partial charge in [0.15, 0.2) is 11.7 Å². The molecule has 0 saturated heterocycles. The Hall–Kier alpha value is -5.91. The second-order valence-corrected chi connectivity index (χ2v) is 13.4. The second-order valence-electron chi connectivity index (χ2n) is 12.4. The van der Waals surface area contributed by atoms with Crippen molar-refractivity contribution in [3.8, 4) is 5.69 Å². The number of rotatable bonds is 5. The van der Waals surface area contributed by atoms with E-state index in [2.05, 4.69) is 101 Å². The summed E-state index contributed by atoms with van der Waals surface area (Å²) in [6.07, 6.45) is 6.82. The number of hydrogen-bond donors (Lipinski definition) is 0. The van der Waals surface area contributed by atoms with Gasteiger partial charge in [-0.1, -0.05) is 127 Å². The Balaban J connectivity index is 1.18. The Morgan fingerprint density at radius 2 is 1.33 bits per heavy atom. The Labute approximate surface area is 288 Å². The molecule has 0 unspecified atom stereocenters. The van der Waals surface area contributed by atoms with Crippen molar-refractivity contribution in [3.05, 3.63) is 167 Å². The lowest BCUT2D eigenvalue weighted by molar-refractivity contribution is 1.01. The summed E-state index contributed by atoms with van der Waals surface area (Å²) in [5.74, 6) is 1.18. The highest BCUT2D eigenvalue weighted by Gasteiger charge is 2.21. The van der Waals surface area contributed by atoms with Gasteiger partial charge < -0.3 is 4.57 Å². The third-order valence-corrected chi connectivity index (χ3v) is 10.7. The van der Waals surface area contributed by atoms with Crippen molar-refractivity contribution in [1.29, 1.82) is 0 Å². The number of aliphatic imine (C=N–C) groups is 3. The van der Waals surface area contributed by atoms with E-state index < -0.39 is 0 Å². The van der Waals surface area contributed by atoms with Crippen molar-refractivity contribution in [2.24, 2.45) is 15.0 Å². The number of nitrogens with zero attached hydrogens (tertiary/aromatic N) is 4. The minimum Gasteiger partial charge on any atom is -0.307 e. The predicted octanol–water partition coefficient (Wildman–Crippen LogP) is 11.2. The number of fused-ring (bicyclic) bond motifs is 9. The van der Waals surface area contributed by atoms with Crippen molar-refractivity contribution >= 4 is 78.5 Å². The van der Waals surface area contributed by atoms with Gasteiger partial charge in [-0.3, -0.25) is 4.99 Å². The molecule has 49 heavy (non-hydrogen) atoms. The molecule has 0 spiro atoms. The van der Waals surface area contributed by atoms with Gasteiger partial charge in [0.1, 0.15) is 0 Å². The maximum absolute atomic E-state index is 5.02. The third kappa shape index (κ3) is 5.11. The van der Waals surface area contributed by atoms with Gasteiger partial charge in [0.2, 0.25) is 0 Å². The number of hydrogen-bond acceptors (Lipinski definition) is 2. The summed E-state index contributed by atoms with van der Waals surface area (Å²) in [7, 11) is 0. The van der Waals surface area contributed by atoms with Gasteiger partial charge in [-0.05, 0) is 59.7 Å². The average molecular weight is 649 g/mol. The number of aromatic nitrogens is 1. The number of thiophene rings is 1. The lowest BCUT2D eigenvalue weighted by Gasteiger charge is -2.11. The summed E-state index contributed by atoms with van der Waals surface area (Å²) in [4.78, 5) is 15.5. The monoisotopic (exact) mass is 648 g/mol. The van der Waals surface area contributed by atoms with Crippen LogP contribution in [0.3, 0.4) is 0 Å². The summed E-state index contributed by atoms with van der Waals surface area (Å²) >= 11 is 1.93. The van der Waals surface area contributed by atoms with E-state index in [1.165, 1.54) is 53.1 Å². The SMILES string of the molecule is C=NC(=NC(=NCc1ccc(-n2c3c4ccccc4ccc3c3ccc4c5c(sc4c32)C=CCC5)cc1)c1ccccc1)c1ccccc1. The zero-order chi connectivity index (χ0) is 32.7. The standard InChI is InChI=1S/C44H32N4S/c1-45-43(31-13-4-2-5-14-31)47-44(32-15-6-3-7-16-32)46-28-29-20-23-33(24-21-29)48-40-34-17-9-8-12-30(34)22-25-36(40)37-26-27-38-35-18-10-11-19-39(35)49-42(38)41(37)48/h2-9,11-17,19-27H,1,10,18,28H2. The van der Waals surface area contributed by atoms with E-state index in [0.717, 1.165) is 35.2 Å². The molecule has 0 bridgehead atoms. The molecule has 5 heteroatoms. The smallest absolute Gasteiger partial charge is 0.161 e. The number of aryl methyl sites for hydroxylation is 1. The van der Waals surface area contributed by atoms with Crippen LogP contribution in [0.1, 0.15) is 33.6 Å². The molecule has 0 fully saturated rings. The van der Waals surface area contributed by atoms with Crippen LogP contribution >= 0.6 is 11.3 Å². The van der Waals surface area contributed by atoms with Gasteiger partial charge in [0.25, 0.3) is 0 Å². The van der Waals surface area contributed by atoms with Crippen LogP contribution in [0.5, 0.6) is 0 Å². The van der Waals surface area contributed by atoms with Crippen molar-refractivity contribution in [2.75, 3.05) is 0 Å². The van der Waals surface area contributed by atoms with Gasteiger partial charge >= 0.3 is 0 Å². The van der Waals surface area contributed by atoms with Gasteiger partial charge in [0.05, 0.1) is 22.3 Å². The fourth-order valence-corrected chi connectivity index (χ4v) is 8.44. The Morgan fingerprint density at radius 1 is 0.653 bits per heavy atom. The van der Waals surface area contributed by atoms with E-state index in [4.69, 9.17) is 9.98 Å². The fraction of sp³-hybridized carbons (Fsp3) is 0.0682. The highest BCUT2D eigenvalue weighted by molar-refractivity contribution is 7.21. The molecule has 0 atom stereocenters. The van der Waals surface area contributed by atoms with Gasteiger partial charge in [-0.15, -0.1) is 11.3 Å². The molecule has 0 amide bonds. The van der Waals surface area contributed by atoms with Gasteiger partial charge in [-0.2, -0.15) is 0 Å². The van der Waals surface area contributed by atoms with Crippen LogP contribution in [-0.2, 0) is 13.0 Å². The molecule has 1 aliphatic carbocycles. The summed E-state index contributed by atoms with van der Waals surface area (Å²) in [5.41, 5.74) is 8.10. The minimum absolute atomic E-state index is 0.484. The molecular weight excluding hydrogens is 617 g/mol. The average Bonchev–Trinajstić information content (AvgIpc) is 3.72. The quantitative estimate of drug-likeness (QED) is 0.132. The van der Waals surface area contributed by atoms with Crippen molar-refractivity contribution < 1.29 is 0 Å². The third-order valence-electron chi connectivity index (χ3n) is 9.47. The second kappa shape index (κ2) is 12.3. The molecule has 1 aliphatic rings. The lowest BCUT2D eigenvalue weighted by atomic mass is 10.00. The Morgan fingerprint density at radius 3 is 2.10 bits per heavy atom. The van der Waals surface area contributed by atoms with Crippen LogP contribution < -0.4 is 0 Å². The first-order valence-electron chi connectivity index (χ1n) is 16.6. The molecule has 234 valence electrons. The molecule has 0 radical (unpaired) electrons. The first-order valence-corrected chi connectivity index (χ1v) is 17.5. The topological polar surface area (TPSA) is 42.0 Å². The zero-order valence-corrected chi connectivity index (χ0v) is 27.7. The maximum atomic E-state index is 5.02. The maximum Gasteiger partial charge on any atom is 0.161 e. The lowest BCUT2D eigenvalue weighted by Crippen LogP contribution is -2.05. The molecule has 8 aromatic rings. The molecule has 0 N–H and O–H groups in total. The van der Waals surface area contributed by atoms with E-state index in [1.807, 2.05) is 72.0 Å². The van der Waals surface area contributed by atoms with E-state index in [1.54, 1.807) is 0 Å². The molecule has 6 aromatic carbocycles. The summed E-state index contributed by atoms with van der Waals surface area (Å²) in [6, 6.07) is 46.8. The van der Waals surface area contributed by atoms with Crippen molar-refractivity contribution in [2.45, 2.75) is 19.4 Å². The van der Waals surface area contributed by atoms with E-state index in [0.29, 0.717) is 18.2 Å². The van der Waals surface area contributed by atoms with Crippen LogP contribution in [0, 0.1) is 0 Å². The van der Waals surface area contributed by atoms with Gasteiger partial charge in [-0.25, -0.2) is 9.98 Å². The fourth-order valence-electron chi connectivity index (χ4n) is 7.12. The van der Waals surface area contributed by atoms with Crippen LogP contribution in [0.25, 0.3) is 54.4 Å². The molecule has 2 heterocycles. The highest BCUT2D eigenvalue weighted by Crippen LogP contribution is 2.45. The molecule has 0 saturated carbocycles. The molecule has 9 rings (SSSR count). The Kier molecular flexibility index (Phi) is 7.33. The molecule has 0 aliphatic heterocycles. The minimum atomic E-state index is 0.484. The van der Waals surface area contributed by atoms with Crippen molar-refractivity contribution in [1.82, 2.24) is 4.57 Å². The van der Waals surface area contributed by atoms with E-state index >= 15 is 0 Å². The van der Waals surface area contributed by atoms with Crippen LogP contribution in [-0.4, -0.2) is 23.0 Å². The first kappa shape index (κ1) is 29.2. The summed E-state index contributed by atoms with van der Waals surface area (Å²) in [5, 5.41) is 6.46. The molecule has 2 aromatic heterocycles. The Bertz CT molecular complexity index is 2620. The van der Waals surface area contributed by atoms with Gasteiger partial charge in [0, 0.05) is 37.9 Å². The largest absolute Gasteiger partial charge is 0.307 e. The van der Waals surface area contributed by atoms with Crippen LogP contribution in [0.4, 0.5) is 0 Å². The number of allylic oxidation sites excluding steroid dienone is 1. The van der Waals surface area contributed by atoms with E-state index in [-0.39, 0.29) is 0 Å². The van der Waals surface area contributed by atoms with Crippen LogP contribution in [0.2, 0.25) is 0 Å². The van der Waals surface area contributed by atoms with Crippen molar-refractivity contribution in [3.63, 3.8) is 0 Å². The van der Waals surface area contributed by atoms with E-state index in [9.17, 15) is 0 Å².